The summed E-state index contributed by atoms with van der Waals surface area (Å²) in [6.07, 6.45) is 109. The Bertz CT molecular complexity index is 1480. The molecule has 0 rings (SSSR count). The number of ether oxygens (including phenoxy) is 1. The van der Waals surface area contributed by atoms with Gasteiger partial charge in [0.05, 0.1) is 25.4 Å². The van der Waals surface area contributed by atoms with E-state index in [2.05, 4.69) is 43.5 Å². The van der Waals surface area contributed by atoms with Gasteiger partial charge in [-0.2, -0.15) is 0 Å². The highest BCUT2D eigenvalue weighted by molar-refractivity contribution is 5.76. The fourth-order valence-electron chi connectivity index (χ4n) is 14.1. The normalized spacial score (nSPS) is 12.5. The summed E-state index contributed by atoms with van der Waals surface area (Å²) in [6, 6.07) is -0.539. The standard InChI is InChI=1S/C88H171NO5/c1-3-5-7-9-11-13-15-17-19-21-23-24-25-39-42-45-48-52-56-60-64-68-72-76-80-86(91)85(84-90)89-87(92)81-77-73-69-65-61-57-53-49-46-43-40-37-35-33-31-29-27-26-28-30-32-34-36-38-41-44-47-51-55-59-63-67-71-75-79-83-94-88(93)82-78-74-70-66-62-58-54-50-22-20-18-16-14-12-10-8-6-4-2/h14,16,20,22,85-86,90-91H,3-13,15,17-19,21,23-84H2,1-2H3,(H,89,92)/b16-14-,22-20-. The number of aliphatic hydroxyl groups excluding tert-OH is 2. The first-order chi connectivity index (χ1) is 46.5. The van der Waals surface area contributed by atoms with Crippen molar-refractivity contribution in [2.24, 2.45) is 0 Å². The molecule has 94 heavy (non-hydrogen) atoms. The van der Waals surface area contributed by atoms with Gasteiger partial charge in [-0.3, -0.25) is 9.59 Å². The number of nitrogens with one attached hydrogen (secondary N) is 1. The zero-order valence-corrected chi connectivity index (χ0v) is 64.2. The van der Waals surface area contributed by atoms with Crippen LogP contribution in [-0.2, 0) is 14.3 Å². The Labute approximate surface area is 590 Å². The number of unbranched alkanes of at least 4 members (excludes halogenated alkanes) is 68. The maximum atomic E-state index is 12.6. The van der Waals surface area contributed by atoms with Gasteiger partial charge in [-0.05, 0) is 57.8 Å². The first-order valence-corrected chi connectivity index (χ1v) is 43.6. The van der Waals surface area contributed by atoms with Crippen LogP contribution in [0.1, 0.15) is 502 Å². The topological polar surface area (TPSA) is 95.9 Å². The molecule has 0 aliphatic heterocycles. The van der Waals surface area contributed by atoms with Crippen molar-refractivity contribution >= 4 is 11.9 Å². The molecule has 0 radical (unpaired) electrons. The molecule has 558 valence electrons. The number of hydrogen-bond donors (Lipinski definition) is 3. The van der Waals surface area contributed by atoms with Crippen molar-refractivity contribution in [1.82, 2.24) is 5.32 Å². The number of carbonyl (C=O) groups is 2. The van der Waals surface area contributed by atoms with Crippen LogP contribution in [0.4, 0.5) is 0 Å². The first-order valence-electron chi connectivity index (χ1n) is 43.6. The maximum absolute atomic E-state index is 12.6. The Kier molecular flexibility index (Phi) is 82.3. The number of allylic oxidation sites excluding steroid dienone is 4. The Morgan fingerprint density at radius 2 is 0.532 bits per heavy atom. The van der Waals surface area contributed by atoms with Gasteiger partial charge in [0, 0.05) is 12.8 Å². The molecular formula is C88H171NO5. The van der Waals surface area contributed by atoms with E-state index in [0.717, 1.165) is 51.4 Å². The summed E-state index contributed by atoms with van der Waals surface area (Å²) in [7, 11) is 0. The van der Waals surface area contributed by atoms with Crippen LogP contribution in [0.5, 0.6) is 0 Å². The fourth-order valence-corrected chi connectivity index (χ4v) is 14.1. The van der Waals surface area contributed by atoms with Gasteiger partial charge < -0.3 is 20.3 Å². The summed E-state index contributed by atoms with van der Waals surface area (Å²) >= 11 is 0. The molecule has 0 bridgehead atoms. The fraction of sp³-hybridized carbons (Fsp3) is 0.932. The average molecular weight is 1320 g/mol. The molecule has 0 saturated carbocycles. The lowest BCUT2D eigenvalue weighted by atomic mass is 10.0. The Morgan fingerprint density at radius 3 is 0.819 bits per heavy atom. The summed E-state index contributed by atoms with van der Waals surface area (Å²) < 4.78 is 5.52. The van der Waals surface area contributed by atoms with Crippen molar-refractivity contribution in [3.63, 3.8) is 0 Å². The maximum Gasteiger partial charge on any atom is 0.305 e. The summed E-state index contributed by atoms with van der Waals surface area (Å²) in [4.78, 5) is 24.7. The predicted molar refractivity (Wildman–Crippen MR) is 417 cm³/mol. The number of carbonyl (C=O) groups excluding carboxylic acids is 2. The quantitative estimate of drug-likeness (QED) is 0.0320. The monoisotopic (exact) mass is 1320 g/mol. The van der Waals surface area contributed by atoms with Gasteiger partial charge in [-0.1, -0.05) is 456 Å². The molecule has 0 aromatic heterocycles. The second-order valence-corrected chi connectivity index (χ2v) is 30.2. The van der Waals surface area contributed by atoms with Gasteiger partial charge in [-0.15, -0.1) is 0 Å². The van der Waals surface area contributed by atoms with Gasteiger partial charge in [0.1, 0.15) is 0 Å². The predicted octanol–water partition coefficient (Wildman–Crippen LogP) is 29.2. The summed E-state index contributed by atoms with van der Waals surface area (Å²) in [5.41, 5.74) is 0. The highest BCUT2D eigenvalue weighted by atomic mass is 16.5. The van der Waals surface area contributed by atoms with Crippen LogP contribution in [0.2, 0.25) is 0 Å². The molecule has 0 aliphatic carbocycles. The van der Waals surface area contributed by atoms with Crippen molar-refractivity contribution in [3.8, 4) is 0 Å². The van der Waals surface area contributed by atoms with E-state index in [0.29, 0.717) is 25.9 Å². The number of aliphatic hydroxyl groups is 2. The molecule has 2 unspecified atom stereocenters. The third kappa shape index (κ3) is 79.3. The molecule has 0 aromatic rings. The van der Waals surface area contributed by atoms with E-state index in [1.807, 2.05) is 0 Å². The third-order valence-electron chi connectivity index (χ3n) is 20.8. The highest BCUT2D eigenvalue weighted by Crippen LogP contribution is 2.21. The summed E-state index contributed by atoms with van der Waals surface area (Å²) in [5, 5.41) is 23.5. The molecule has 0 spiro atoms. The minimum atomic E-state index is -0.662. The Balaban J connectivity index is 3.31. The van der Waals surface area contributed by atoms with E-state index in [-0.39, 0.29) is 18.5 Å². The van der Waals surface area contributed by atoms with E-state index in [1.54, 1.807) is 0 Å². The van der Waals surface area contributed by atoms with Crippen LogP contribution in [0.15, 0.2) is 24.3 Å². The van der Waals surface area contributed by atoms with E-state index >= 15 is 0 Å². The van der Waals surface area contributed by atoms with Crippen LogP contribution in [0.3, 0.4) is 0 Å². The molecule has 6 nitrogen and oxygen atoms in total. The van der Waals surface area contributed by atoms with Crippen molar-refractivity contribution in [3.05, 3.63) is 24.3 Å². The Morgan fingerprint density at radius 1 is 0.298 bits per heavy atom. The largest absolute Gasteiger partial charge is 0.466 e. The molecule has 0 fully saturated rings. The smallest absolute Gasteiger partial charge is 0.305 e. The van der Waals surface area contributed by atoms with Crippen LogP contribution >= 0.6 is 0 Å². The minimum absolute atomic E-state index is 0.0165. The SMILES string of the molecule is CCCCCC/C=C\C/C=C\CCCCCCCCCC(=O)OCCCCCCCCCCCCCCCCCCCCCCCCCCCCCCCCCCCCCC(=O)NC(CO)C(O)CCCCCCCCCCCCCCCCCCCCCCCCCC. The molecule has 3 N–H and O–H groups in total. The first kappa shape index (κ1) is 92.3. The lowest BCUT2D eigenvalue weighted by Crippen LogP contribution is -2.45. The third-order valence-corrected chi connectivity index (χ3v) is 20.8. The van der Waals surface area contributed by atoms with E-state index in [1.165, 1.54) is 417 Å². The summed E-state index contributed by atoms with van der Waals surface area (Å²) in [6.45, 7) is 5.00. The number of esters is 1. The zero-order chi connectivity index (χ0) is 67.7. The van der Waals surface area contributed by atoms with Crippen LogP contribution < -0.4 is 5.32 Å². The van der Waals surface area contributed by atoms with Crippen LogP contribution in [0.25, 0.3) is 0 Å². The van der Waals surface area contributed by atoms with E-state index < -0.39 is 12.1 Å². The number of hydrogen-bond acceptors (Lipinski definition) is 5. The van der Waals surface area contributed by atoms with Gasteiger partial charge >= 0.3 is 5.97 Å². The molecular weight excluding hydrogens is 1150 g/mol. The van der Waals surface area contributed by atoms with Gasteiger partial charge in [0.25, 0.3) is 0 Å². The molecule has 1 amide bonds. The lowest BCUT2D eigenvalue weighted by molar-refractivity contribution is -0.143. The molecule has 6 heteroatoms. The highest BCUT2D eigenvalue weighted by Gasteiger charge is 2.20. The summed E-state index contributed by atoms with van der Waals surface area (Å²) in [5.74, 6) is -0.00678. The number of amides is 1. The molecule has 0 saturated heterocycles. The van der Waals surface area contributed by atoms with Gasteiger partial charge in [-0.25, -0.2) is 0 Å². The van der Waals surface area contributed by atoms with Gasteiger partial charge in [0.2, 0.25) is 5.91 Å². The van der Waals surface area contributed by atoms with Gasteiger partial charge in [0.15, 0.2) is 0 Å². The van der Waals surface area contributed by atoms with Crippen molar-refractivity contribution < 1.29 is 24.5 Å². The van der Waals surface area contributed by atoms with Crippen molar-refractivity contribution in [2.45, 2.75) is 514 Å². The lowest BCUT2D eigenvalue weighted by Gasteiger charge is -2.22. The van der Waals surface area contributed by atoms with E-state index in [4.69, 9.17) is 4.74 Å². The van der Waals surface area contributed by atoms with Crippen molar-refractivity contribution in [2.75, 3.05) is 13.2 Å². The molecule has 2 atom stereocenters. The van der Waals surface area contributed by atoms with Crippen molar-refractivity contribution in [1.29, 1.82) is 0 Å². The number of rotatable bonds is 83. The molecule has 0 aromatic carbocycles. The molecule has 0 aliphatic rings. The second-order valence-electron chi connectivity index (χ2n) is 30.2. The molecule has 0 heterocycles. The minimum Gasteiger partial charge on any atom is -0.466 e. The zero-order valence-electron chi connectivity index (χ0n) is 64.2. The van der Waals surface area contributed by atoms with Crippen LogP contribution in [0, 0.1) is 0 Å². The van der Waals surface area contributed by atoms with E-state index in [9.17, 15) is 19.8 Å². The van der Waals surface area contributed by atoms with Crippen LogP contribution in [-0.4, -0.2) is 47.4 Å². The second kappa shape index (κ2) is 83.8. The Hall–Kier alpha value is -1.66. The average Bonchev–Trinajstić information content (AvgIpc) is 3.68.